The molecule has 0 saturated carbocycles. The van der Waals surface area contributed by atoms with E-state index in [1.54, 1.807) is 0 Å². The highest BCUT2D eigenvalue weighted by Crippen LogP contribution is 2.01. The van der Waals surface area contributed by atoms with E-state index in [1.807, 2.05) is 0 Å². The molecule has 0 aliphatic heterocycles. The Balaban J connectivity index is 4.95. The van der Waals surface area contributed by atoms with Gasteiger partial charge in [0.2, 0.25) is 23.6 Å². The molecule has 4 unspecified atom stereocenters. The molecule has 15 heteroatoms. The summed E-state index contributed by atoms with van der Waals surface area (Å²) in [5, 5.41) is 25.0. The molecule has 0 fully saturated rings. The molecule has 0 rings (SSSR count). The molecule has 0 saturated heterocycles. The van der Waals surface area contributed by atoms with E-state index in [0.717, 1.165) is 0 Å². The second-order valence-corrected chi connectivity index (χ2v) is 6.62. The highest BCUT2D eigenvalue weighted by Gasteiger charge is 2.28. The Bertz CT molecular complexity index is 693. The van der Waals surface area contributed by atoms with Crippen molar-refractivity contribution in [3.63, 3.8) is 0 Å². The topological polar surface area (TPSA) is 278 Å². The van der Waals surface area contributed by atoms with Gasteiger partial charge in [0.15, 0.2) is 5.96 Å². The number of aliphatic hydroxyl groups is 1. The quantitative estimate of drug-likeness (QED) is 0.0694. The summed E-state index contributed by atoms with van der Waals surface area (Å²) in [6.07, 6.45) is -1.56. The Kier molecular flexibility index (Phi) is 12.2. The maximum absolute atomic E-state index is 12.4. The maximum atomic E-state index is 12.4. The summed E-state index contributed by atoms with van der Waals surface area (Å²) < 4.78 is 0. The molecule has 0 radical (unpaired) electrons. The first-order valence-corrected chi connectivity index (χ1v) is 9.22. The average Bonchev–Trinajstić information content (AvgIpc) is 2.66. The lowest BCUT2D eigenvalue weighted by atomic mass is 10.1. The van der Waals surface area contributed by atoms with Crippen LogP contribution in [0.2, 0.25) is 0 Å². The number of nitrogens with two attached hydrogens (primary N) is 4. The number of amides is 4. The van der Waals surface area contributed by atoms with Crippen LogP contribution in [0.3, 0.4) is 0 Å². The molecule has 0 spiro atoms. The zero-order chi connectivity index (χ0) is 24.1. The number of hydrogen-bond donors (Lipinski definition) is 9. The van der Waals surface area contributed by atoms with Crippen LogP contribution in [0.4, 0.5) is 0 Å². The number of primary amides is 1. The van der Waals surface area contributed by atoms with Crippen LogP contribution in [0.1, 0.15) is 26.2 Å². The lowest BCUT2D eigenvalue weighted by Gasteiger charge is -2.21. The van der Waals surface area contributed by atoms with E-state index in [-0.39, 0.29) is 25.3 Å². The first-order chi connectivity index (χ1) is 14.3. The standard InChI is InChI=1S/C16H30N8O7/c1-7(25)12(18)14(29)22-6-11(27)23-9(5-10(17)26)13(28)24-8(15(30)31)3-2-4-21-16(19)20/h7-9,12,25H,2-6,18H2,1H3,(H2,17,26)(H,22,29)(H,23,27)(H,24,28)(H,30,31)(H4,19,20,21). The van der Waals surface area contributed by atoms with Crippen LogP contribution in [0.25, 0.3) is 0 Å². The van der Waals surface area contributed by atoms with Gasteiger partial charge in [-0.25, -0.2) is 4.79 Å². The molecule has 15 nitrogen and oxygen atoms in total. The zero-order valence-electron chi connectivity index (χ0n) is 17.0. The van der Waals surface area contributed by atoms with Crippen LogP contribution >= 0.6 is 0 Å². The lowest BCUT2D eigenvalue weighted by Crippen LogP contribution is -2.55. The van der Waals surface area contributed by atoms with Gasteiger partial charge in [0.05, 0.1) is 19.1 Å². The number of aliphatic carboxylic acids is 1. The number of carbonyl (C=O) groups is 5. The van der Waals surface area contributed by atoms with Crippen molar-refractivity contribution in [3.8, 4) is 0 Å². The van der Waals surface area contributed by atoms with Crippen LogP contribution in [0.5, 0.6) is 0 Å². The first kappa shape index (κ1) is 27.5. The molecule has 0 heterocycles. The number of nitrogens with one attached hydrogen (secondary N) is 3. The molecule has 0 aromatic heterocycles. The fourth-order valence-corrected chi connectivity index (χ4v) is 2.19. The summed E-state index contributed by atoms with van der Waals surface area (Å²) in [6, 6.07) is -4.09. The molecule has 0 aromatic rings. The van der Waals surface area contributed by atoms with Crippen LogP contribution in [-0.4, -0.2) is 83.1 Å². The lowest BCUT2D eigenvalue weighted by molar-refractivity contribution is -0.142. The van der Waals surface area contributed by atoms with E-state index in [4.69, 9.17) is 22.9 Å². The molecular formula is C16H30N8O7. The monoisotopic (exact) mass is 446 g/mol. The Hall–Kier alpha value is -3.46. The van der Waals surface area contributed by atoms with E-state index < -0.39 is 66.8 Å². The minimum atomic E-state index is -1.48. The summed E-state index contributed by atoms with van der Waals surface area (Å²) in [5.41, 5.74) is 20.8. The van der Waals surface area contributed by atoms with Crippen LogP contribution in [0, 0.1) is 0 Å². The fourth-order valence-electron chi connectivity index (χ4n) is 2.19. The summed E-state index contributed by atoms with van der Waals surface area (Å²) >= 11 is 0. The number of aliphatic imine (C=N–C) groups is 1. The molecule has 4 atom stereocenters. The molecule has 13 N–H and O–H groups in total. The van der Waals surface area contributed by atoms with Gasteiger partial charge < -0.3 is 49.1 Å². The number of carbonyl (C=O) groups excluding carboxylic acids is 4. The second kappa shape index (κ2) is 13.7. The largest absolute Gasteiger partial charge is 0.480 e. The highest BCUT2D eigenvalue weighted by molar-refractivity contribution is 5.95. The second-order valence-electron chi connectivity index (χ2n) is 6.62. The van der Waals surface area contributed by atoms with Gasteiger partial charge in [-0.15, -0.1) is 0 Å². The van der Waals surface area contributed by atoms with Gasteiger partial charge >= 0.3 is 5.97 Å². The highest BCUT2D eigenvalue weighted by atomic mass is 16.4. The summed E-state index contributed by atoms with van der Waals surface area (Å²) in [6.45, 7) is 0.814. The SMILES string of the molecule is CC(O)C(N)C(=O)NCC(=O)NC(CC(N)=O)C(=O)NC(CCCN=C(N)N)C(=O)O. The molecule has 0 bridgehead atoms. The van der Waals surface area contributed by atoms with Crippen molar-refractivity contribution in [3.05, 3.63) is 0 Å². The number of guanidine groups is 1. The van der Waals surface area contributed by atoms with Gasteiger partial charge in [0, 0.05) is 6.54 Å². The maximum Gasteiger partial charge on any atom is 0.326 e. The molecule has 0 aliphatic carbocycles. The zero-order valence-corrected chi connectivity index (χ0v) is 17.0. The molecule has 176 valence electrons. The summed E-state index contributed by atoms with van der Waals surface area (Å²) in [4.78, 5) is 62.4. The Morgan fingerprint density at radius 1 is 1.00 bits per heavy atom. The van der Waals surface area contributed by atoms with Crippen molar-refractivity contribution >= 4 is 35.6 Å². The van der Waals surface area contributed by atoms with Crippen molar-refractivity contribution in [2.24, 2.45) is 27.9 Å². The van der Waals surface area contributed by atoms with Gasteiger partial charge in [0.1, 0.15) is 18.1 Å². The minimum absolute atomic E-state index is 0.0254. The van der Waals surface area contributed by atoms with Crippen LogP contribution in [0.15, 0.2) is 4.99 Å². The number of rotatable bonds is 14. The molecule has 31 heavy (non-hydrogen) atoms. The van der Waals surface area contributed by atoms with Crippen molar-refractivity contribution in [2.45, 2.75) is 50.4 Å². The Morgan fingerprint density at radius 2 is 1.61 bits per heavy atom. The van der Waals surface area contributed by atoms with Gasteiger partial charge in [0.25, 0.3) is 0 Å². The van der Waals surface area contributed by atoms with Crippen molar-refractivity contribution in [1.29, 1.82) is 0 Å². The van der Waals surface area contributed by atoms with E-state index in [2.05, 4.69) is 20.9 Å². The van der Waals surface area contributed by atoms with Crippen LogP contribution in [-0.2, 0) is 24.0 Å². The van der Waals surface area contributed by atoms with E-state index in [9.17, 15) is 34.2 Å². The normalized spacial score (nSPS) is 14.3. The van der Waals surface area contributed by atoms with Crippen LogP contribution < -0.4 is 38.9 Å². The average molecular weight is 446 g/mol. The summed E-state index contributed by atoms with van der Waals surface area (Å²) in [5.74, 6) is -5.09. The Labute approximate surface area is 178 Å². The van der Waals surface area contributed by atoms with E-state index in [0.29, 0.717) is 0 Å². The first-order valence-electron chi connectivity index (χ1n) is 9.22. The fraction of sp³-hybridized carbons (Fsp3) is 0.625. The van der Waals surface area contributed by atoms with Crippen molar-refractivity contribution in [2.75, 3.05) is 13.1 Å². The number of carboxylic acid groups (broad SMARTS) is 1. The number of hydrogen-bond acceptors (Lipinski definition) is 8. The van der Waals surface area contributed by atoms with Gasteiger partial charge in [-0.2, -0.15) is 0 Å². The Morgan fingerprint density at radius 3 is 2.10 bits per heavy atom. The minimum Gasteiger partial charge on any atom is -0.480 e. The predicted octanol–water partition coefficient (Wildman–Crippen LogP) is -5.21. The molecular weight excluding hydrogens is 416 g/mol. The van der Waals surface area contributed by atoms with Crippen molar-refractivity contribution in [1.82, 2.24) is 16.0 Å². The number of aliphatic hydroxyl groups excluding tert-OH is 1. The van der Waals surface area contributed by atoms with E-state index in [1.165, 1.54) is 6.92 Å². The van der Waals surface area contributed by atoms with Gasteiger partial charge in [-0.05, 0) is 19.8 Å². The smallest absolute Gasteiger partial charge is 0.326 e. The molecule has 4 amide bonds. The van der Waals surface area contributed by atoms with E-state index >= 15 is 0 Å². The third-order valence-electron chi connectivity index (χ3n) is 3.86. The predicted molar refractivity (Wildman–Crippen MR) is 108 cm³/mol. The third kappa shape index (κ3) is 12.0. The van der Waals surface area contributed by atoms with Gasteiger partial charge in [-0.1, -0.05) is 0 Å². The molecule has 0 aromatic carbocycles. The number of carboxylic acids is 1. The van der Waals surface area contributed by atoms with Crippen molar-refractivity contribution < 1.29 is 34.2 Å². The molecule has 0 aliphatic rings. The summed E-state index contributed by atoms with van der Waals surface area (Å²) in [7, 11) is 0. The number of nitrogens with zero attached hydrogens (tertiary/aromatic N) is 1. The third-order valence-corrected chi connectivity index (χ3v) is 3.86. The van der Waals surface area contributed by atoms with Gasteiger partial charge in [-0.3, -0.25) is 24.2 Å².